The Morgan fingerprint density at radius 3 is 2.74 bits per heavy atom. The monoisotopic (exact) mass is 424 g/mol. The third kappa shape index (κ3) is 5.68. The van der Waals surface area contributed by atoms with E-state index in [0.29, 0.717) is 24.9 Å². The van der Waals surface area contributed by atoms with Gasteiger partial charge in [0.25, 0.3) is 0 Å². The summed E-state index contributed by atoms with van der Waals surface area (Å²) in [5, 5.41) is 8.70. The summed E-state index contributed by atoms with van der Waals surface area (Å²) in [5.74, 6) is 2.68. The van der Waals surface area contributed by atoms with E-state index >= 15 is 0 Å². The van der Waals surface area contributed by atoms with Gasteiger partial charge in [-0.1, -0.05) is 18.6 Å². The largest absolute Gasteiger partial charge is 0.493 e. The maximum absolute atomic E-state index is 13.4. The van der Waals surface area contributed by atoms with E-state index in [1.165, 1.54) is 5.56 Å². The van der Waals surface area contributed by atoms with Gasteiger partial charge in [-0.05, 0) is 68.1 Å². The molecule has 2 unspecified atom stereocenters. The van der Waals surface area contributed by atoms with Crippen LogP contribution in [0.2, 0.25) is 0 Å². The zero-order chi connectivity index (χ0) is 21.5. The molecule has 2 heterocycles. The van der Waals surface area contributed by atoms with Crippen LogP contribution in [0.3, 0.4) is 0 Å². The first-order chi connectivity index (χ1) is 15.2. The molecule has 2 atom stereocenters. The number of halogens is 1. The first kappa shape index (κ1) is 21.5. The van der Waals surface area contributed by atoms with E-state index in [2.05, 4.69) is 11.0 Å². The molecule has 164 valence electrons. The second-order valence-corrected chi connectivity index (χ2v) is 8.30. The Hall–Kier alpha value is -2.78. The summed E-state index contributed by atoms with van der Waals surface area (Å²) in [6.07, 6.45) is 4.83. The number of fused-ring (bicyclic) bond motifs is 1. The number of rotatable bonds is 9. The van der Waals surface area contributed by atoms with Crippen LogP contribution < -0.4 is 14.2 Å². The minimum absolute atomic E-state index is 0.202. The van der Waals surface area contributed by atoms with Crippen LogP contribution in [0, 0.1) is 23.1 Å². The van der Waals surface area contributed by atoms with Crippen molar-refractivity contribution in [2.24, 2.45) is 5.92 Å². The highest BCUT2D eigenvalue weighted by atomic mass is 19.1. The van der Waals surface area contributed by atoms with Crippen LogP contribution >= 0.6 is 0 Å². The molecule has 4 rings (SSSR count). The zero-order valence-corrected chi connectivity index (χ0v) is 17.8. The third-order valence-corrected chi connectivity index (χ3v) is 6.19. The lowest BCUT2D eigenvalue weighted by molar-refractivity contribution is 0.109. The van der Waals surface area contributed by atoms with Gasteiger partial charge in [-0.2, -0.15) is 5.26 Å². The summed E-state index contributed by atoms with van der Waals surface area (Å²) in [5.41, 5.74) is 1.18. The molecule has 2 aromatic rings. The van der Waals surface area contributed by atoms with Crippen LogP contribution in [0.1, 0.15) is 43.6 Å². The van der Waals surface area contributed by atoms with Gasteiger partial charge in [0, 0.05) is 24.9 Å². The summed E-state index contributed by atoms with van der Waals surface area (Å²) in [6.45, 7) is 3.86. The van der Waals surface area contributed by atoms with Crippen LogP contribution in [-0.4, -0.2) is 37.9 Å². The van der Waals surface area contributed by atoms with Gasteiger partial charge in [-0.15, -0.1) is 0 Å². The van der Waals surface area contributed by atoms with Gasteiger partial charge in [-0.25, -0.2) is 4.39 Å². The Kier molecular flexibility index (Phi) is 7.26. The predicted molar refractivity (Wildman–Crippen MR) is 116 cm³/mol. The molecule has 2 aromatic carbocycles. The molecule has 2 aliphatic heterocycles. The molecule has 6 heteroatoms. The fourth-order valence-corrected chi connectivity index (χ4v) is 4.51. The summed E-state index contributed by atoms with van der Waals surface area (Å²) in [6, 6.07) is 14.8. The minimum Gasteiger partial charge on any atom is -0.493 e. The molecule has 31 heavy (non-hydrogen) atoms. The average molecular weight is 425 g/mol. The standard InChI is InChI=1S/C25H29FN2O3/c26-21-7-5-19(6-8-21)23-11-14-28(13-4-2-1-3-12-27)16-20(23)17-29-22-9-10-24-25(15-22)31-18-30-24/h5-10,15,20,23H,1-4,11,13-14,16-18H2. The van der Waals surface area contributed by atoms with Gasteiger partial charge in [-0.3, -0.25) is 0 Å². The predicted octanol–water partition coefficient (Wildman–Crippen LogP) is 5.12. The number of piperidine rings is 1. The molecule has 0 saturated carbocycles. The third-order valence-electron chi connectivity index (χ3n) is 6.19. The normalized spacial score (nSPS) is 20.4. The number of ether oxygens (including phenoxy) is 3. The number of benzene rings is 2. The molecule has 5 nitrogen and oxygen atoms in total. The maximum Gasteiger partial charge on any atom is 0.231 e. The number of unbranched alkanes of at least 4 members (excludes halogenated alkanes) is 3. The molecule has 1 saturated heterocycles. The molecule has 0 aliphatic carbocycles. The maximum atomic E-state index is 13.4. The SMILES string of the molecule is N#CCCCCCN1CCC(c2ccc(F)cc2)C(COc2ccc3c(c2)OCO3)C1. The molecule has 0 spiro atoms. The topological polar surface area (TPSA) is 54.7 Å². The van der Waals surface area contributed by atoms with Crippen LogP contribution in [0.4, 0.5) is 4.39 Å². The van der Waals surface area contributed by atoms with Crippen LogP contribution in [0.5, 0.6) is 17.2 Å². The average Bonchev–Trinajstić information content (AvgIpc) is 3.26. The molecular weight excluding hydrogens is 395 g/mol. The zero-order valence-electron chi connectivity index (χ0n) is 17.8. The van der Waals surface area contributed by atoms with Crippen molar-refractivity contribution < 1.29 is 18.6 Å². The highest BCUT2D eigenvalue weighted by molar-refractivity contribution is 5.46. The van der Waals surface area contributed by atoms with E-state index in [-0.39, 0.29) is 12.6 Å². The van der Waals surface area contributed by atoms with Gasteiger partial charge in [0.15, 0.2) is 11.5 Å². The molecule has 1 fully saturated rings. The van der Waals surface area contributed by atoms with E-state index in [1.807, 2.05) is 30.3 Å². The first-order valence-corrected chi connectivity index (χ1v) is 11.1. The molecule has 0 amide bonds. The van der Waals surface area contributed by atoms with Crippen molar-refractivity contribution >= 4 is 0 Å². The number of likely N-dealkylation sites (tertiary alicyclic amines) is 1. The summed E-state index contributed by atoms with van der Waals surface area (Å²) < 4.78 is 30.5. The molecule has 0 radical (unpaired) electrons. The molecule has 2 aliphatic rings. The molecule has 0 bridgehead atoms. The van der Waals surface area contributed by atoms with Crippen LogP contribution in [-0.2, 0) is 0 Å². The van der Waals surface area contributed by atoms with E-state index in [9.17, 15) is 4.39 Å². The van der Waals surface area contributed by atoms with Crippen molar-refractivity contribution in [1.82, 2.24) is 4.90 Å². The van der Waals surface area contributed by atoms with Gasteiger partial charge in [0.1, 0.15) is 11.6 Å². The lowest BCUT2D eigenvalue weighted by Gasteiger charge is -2.39. The second-order valence-electron chi connectivity index (χ2n) is 8.30. The number of nitrogens with zero attached hydrogens (tertiary/aromatic N) is 2. The van der Waals surface area contributed by atoms with Crippen molar-refractivity contribution in [1.29, 1.82) is 5.26 Å². The Bertz CT molecular complexity index is 897. The molecule has 0 N–H and O–H groups in total. The van der Waals surface area contributed by atoms with Crippen molar-refractivity contribution in [2.45, 2.75) is 38.0 Å². The Labute approximate surface area is 183 Å². The van der Waals surface area contributed by atoms with E-state index in [1.54, 1.807) is 12.1 Å². The highest BCUT2D eigenvalue weighted by Crippen LogP contribution is 2.37. The summed E-state index contributed by atoms with van der Waals surface area (Å²) in [4.78, 5) is 2.50. The Morgan fingerprint density at radius 1 is 1.06 bits per heavy atom. The quantitative estimate of drug-likeness (QED) is 0.523. The lowest BCUT2D eigenvalue weighted by atomic mass is 9.80. The number of hydrogen-bond donors (Lipinski definition) is 0. The number of nitriles is 1. The fraction of sp³-hybridized carbons (Fsp3) is 0.480. The van der Waals surface area contributed by atoms with Crippen molar-refractivity contribution in [2.75, 3.05) is 33.0 Å². The van der Waals surface area contributed by atoms with Crippen molar-refractivity contribution in [3.8, 4) is 23.3 Å². The van der Waals surface area contributed by atoms with Crippen molar-refractivity contribution in [3.05, 3.63) is 53.8 Å². The van der Waals surface area contributed by atoms with Crippen LogP contribution in [0.15, 0.2) is 42.5 Å². The van der Waals surface area contributed by atoms with E-state index in [4.69, 9.17) is 19.5 Å². The number of hydrogen-bond acceptors (Lipinski definition) is 5. The molecular formula is C25H29FN2O3. The summed E-state index contributed by atoms with van der Waals surface area (Å²) in [7, 11) is 0. The lowest BCUT2D eigenvalue weighted by Crippen LogP contribution is -2.42. The van der Waals surface area contributed by atoms with Gasteiger partial charge >= 0.3 is 0 Å². The summed E-state index contributed by atoms with van der Waals surface area (Å²) >= 11 is 0. The fourth-order valence-electron chi connectivity index (χ4n) is 4.51. The van der Waals surface area contributed by atoms with Crippen LogP contribution in [0.25, 0.3) is 0 Å². The second kappa shape index (κ2) is 10.5. The van der Waals surface area contributed by atoms with Crippen molar-refractivity contribution in [3.63, 3.8) is 0 Å². The smallest absolute Gasteiger partial charge is 0.231 e. The minimum atomic E-state index is -0.202. The van der Waals surface area contributed by atoms with Gasteiger partial charge in [0.05, 0.1) is 12.7 Å². The van der Waals surface area contributed by atoms with E-state index in [0.717, 1.165) is 62.6 Å². The Morgan fingerprint density at radius 2 is 1.90 bits per heavy atom. The highest BCUT2D eigenvalue weighted by Gasteiger charge is 2.31. The van der Waals surface area contributed by atoms with Gasteiger partial charge in [0.2, 0.25) is 6.79 Å². The van der Waals surface area contributed by atoms with Gasteiger partial charge < -0.3 is 19.1 Å². The Balaban J connectivity index is 1.39. The molecule has 0 aromatic heterocycles. The first-order valence-electron chi connectivity index (χ1n) is 11.1. The van der Waals surface area contributed by atoms with E-state index < -0.39 is 0 Å².